The summed E-state index contributed by atoms with van der Waals surface area (Å²) in [5.41, 5.74) is 0. The van der Waals surface area contributed by atoms with Crippen molar-refractivity contribution in [1.82, 2.24) is 4.90 Å². The van der Waals surface area contributed by atoms with E-state index in [2.05, 4.69) is 18.9 Å². The molecule has 0 saturated carbocycles. The number of hydrogen-bond acceptors (Lipinski definition) is 2. The molecule has 58 valence electrons. The first-order valence-electron chi connectivity index (χ1n) is 4.07. The topological polar surface area (TPSA) is 12.5 Å². The normalized spacial score (nSPS) is 48.0. The molecule has 0 amide bonds. The van der Waals surface area contributed by atoms with Gasteiger partial charge in [-0.05, 0) is 14.0 Å². The molecule has 0 aliphatic carbocycles. The summed E-state index contributed by atoms with van der Waals surface area (Å²) >= 11 is 0. The SMILES string of the molecule is C[C@H]1C2COCC2CN1C. The number of likely N-dealkylation sites (tertiary alicyclic amines) is 1. The largest absolute Gasteiger partial charge is 0.381 e. The van der Waals surface area contributed by atoms with Crippen LogP contribution >= 0.6 is 0 Å². The van der Waals surface area contributed by atoms with E-state index in [0.29, 0.717) is 0 Å². The second-order valence-electron chi connectivity index (χ2n) is 3.64. The summed E-state index contributed by atoms with van der Waals surface area (Å²) < 4.78 is 5.40. The van der Waals surface area contributed by atoms with E-state index < -0.39 is 0 Å². The molecule has 0 aromatic heterocycles. The maximum Gasteiger partial charge on any atom is 0.0513 e. The van der Waals surface area contributed by atoms with Gasteiger partial charge in [-0.3, -0.25) is 0 Å². The van der Waals surface area contributed by atoms with Crippen molar-refractivity contribution in [3.05, 3.63) is 0 Å². The molecule has 2 aliphatic heterocycles. The summed E-state index contributed by atoms with van der Waals surface area (Å²) in [5, 5.41) is 0. The lowest BCUT2D eigenvalue weighted by molar-refractivity contribution is 0.145. The molecule has 2 unspecified atom stereocenters. The molecular formula is C8H15NO. The first kappa shape index (κ1) is 6.62. The smallest absolute Gasteiger partial charge is 0.0513 e. The first-order valence-corrected chi connectivity index (χ1v) is 4.07. The Kier molecular flexibility index (Phi) is 1.46. The average molecular weight is 141 g/mol. The first-order chi connectivity index (χ1) is 4.79. The van der Waals surface area contributed by atoms with Crippen molar-refractivity contribution in [2.24, 2.45) is 11.8 Å². The van der Waals surface area contributed by atoms with Gasteiger partial charge in [0, 0.05) is 24.4 Å². The van der Waals surface area contributed by atoms with Gasteiger partial charge in [0.25, 0.3) is 0 Å². The van der Waals surface area contributed by atoms with Crippen LogP contribution in [0.25, 0.3) is 0 Å². The Balaban J connectivity index is 2.09. The van der Waals surface area contributed by atoms with Crippen LogP contribution in [0.5, 0.6) is 0 Å². The molecule has 2 rings (SSSR count). The van der Waals surface area contributed by atoms with E-state index in [1.807, 2.05) is 0 Å². The van der Waals surface area contributed by atoms with E-state index in [1.54, 1.807) is 0 Å². The van der Waals surface area contributed by atoms with Gasteiger partial charge in [-0.2, -0.15) is 0 Å². The van der Waals surface area contributed by atoms with E-state index in [1.165, 1.54) is 6.54 Å². The zero-order chi connectivity index (χ0) is 7.14. The summed E-state index contributed by atoms with van der Waals surface area (Å²) in [7, 11) is 2.21. The van der Waals surface area contributed by atoms with E-state index >= 15 is 0 Å². The molecule has 0 radical (unpaired) electrons. The molecule has 0 aromatic carbocycles. The number of fused-ring (bicyclic) bond motifs is 1. The third-order valence-electron chi connectivity index (χ3n) is 3.09. The van der Waals surface area contributed by atoms with E-state index in [9.17, 15) is 0 Å². The van der Waals surface area contributed by atoms with Gasteiger partial charge in [-0.25, -0.2) is 0 Å². The van der Waals surface area contributed by atoms with Crippen LogP contribution < -0.4 is 0 Å². The van der Waals surface area contributed by atoms with Crippen LogP contribution in [-0.2, 0) is 4.74 Å². The van der Waals surface area contributed by atoms with Crippen LogP contribution in [0.3, 0.4) is 0 Å². The molecule has 2 heterocycles. The quantitative estimate of drug-likeness (QED) is 0.489. The molecule has 0 spiro atoms. The third-order valence-corrected chi connectivity index (χ3v) is 3.09. The third kappa shape index (κ3) is 0.789. The number of rotatable bonds is 0. The van der Waals surface area contributed by atoms with E-state index in [0.717, 1.165) is 31.1 Å². The van der Waals surface area contributed by atoms with Gasteiger partial charge in [0.1, 0.15) is 0 Å². The molecular weight excluding hydrogens is 126 g/mol. The lowest BCUT2D eigenvalue weighted by Gasteiger charge is -2.17. The summed E-state index contributed by atoms with van der Waals surface area (Å²) in [6.07, 6.45) is 0. The number of nitrogens with zero attached hydrogens (tertiary/aromatic N) is 1. The van der Waals surface area contributed by atoms with Crippen molar-refractivity contribution in [3.8, 4) is 0 Å². The molecule has 2 nitrogen and oxygen atoms in total. The van der Waals surface area contributed by atoms with Gasteiger partial charge in [0.05, 0.1) is 13.2 Å². The lowest BCUT2D eigenvalue weighted by atomic mass is 9.95. The summed E-state index contributed by atoms with van der Waals surface area (Å²) in [6.45, 7) is 5.54. The minimum Gasteiger partial charge on any atom is -0.381 e. The fraction of sp³-hybridized carbons (Fsp3) is 1.00. The van der Waals surface area contributed by atoms with Gasteiger partial charge < -0.3 is 9.64 Å². The predicted octanol–water partition coefficient (Wildman–Crippen LogP) is 0.583. The molecule has 10 heavy (non-hydrogen) atoms. The second-order valence-corrected chi connectivity index (χ2v) is 3.64. The molecule has 2 fully saturated rings. The van der Waals surface area contributed by atoms with Crippen LogP contribution in [0.15, 0.2) is 0 Å². The molecule has 0 bridgehead atoms. The maximum atomic E-state index is 5.40. The second kappa shape index (κ2) is 2.21. The molecule has 2 heteroatoms. The highest BCUT2D eigenvalue weighted by Gasteiger charge is 2.40. The monoisotopic (exact) mass is 141 g/mol. The Bertz CT molecular complexity index is 135. The van der Waals surface area contributed by atoms with E-state index in [-0.39, 0.29) is 0 Å². The minimum absolute atomic E-state index is 0.743. The number of ether oxygens (including phenoxy) is 1. The van der Waals surface area contributed by atoms with Gasteiger partial charge in [0.2, 0.25) is 0 Å². The fourth-order valence-electron chi connectivity index (χ4n) is 2.20. The minimum atomic E-state index is 0.743. The highest BCUT2D eigenvalue weighted by atomic mass is 16.5. The highest BCUT2D eigenvalue weighted by Crippen LogP contribution is 2.33. The van der Waals surface area contributed by atoms with Crippen LogP contribution in [-0.4, -0.2) is 37.7 Å². The molecule has 0 aromatic rings. The Hall–Kier alpha value is -0.0800. The zero-order valence-electron chi connectivity index (χ0n) is 6.71. The summed E-state index contributed by atoms with van der Waals surface area (Å²) in [4.78, 5) is 2.44. The van der Waals surface area contributed by atoms with Crippen molar-refractivity contribution in [2.45, 2.75) is 13.0 Å². The predicted molar refractivity (Wildman–Crippen MR) is 39.9 cm³/mol. The van der Waals surface area contributed by atoms with Gasteiger partial charge in [0.15, 0.2) is 0 Å². The van der Waals surface area contributed by atoms with Gasteiger partial charge in [-0.1, -0.05) is 0 Å². The Labute approximate surface area is 62.2 Å². The average Bonchev–Trinajstić information content (AvgIpc) is 2.41. The van der Waals surface area contributed by atoms with Gasteiger partial charge >= 0.3 is 0 Å². The highest BCUT2D eigenvalue weighted by molar-refractivity contribution is 4.91. The number of hydrogen-bond donors (Lipinski definition) is 0. The Morgan fingerprint density at radius 1 is 1.40 bits per heavy atom. The Morgan fingerprint density at radius 3 is 2.90 bits per heavy atom. The standard InChI is InChI=1S/C8H15NO/c1-6-8-5-10-4-7(8)3-9(6)2/h6-8H,3-5H2,1-2H3/t6-,7?,8?/m0/s1. The summed E-state index contributed by atoms with van der Waals surface area (Å²) in [5.74, 6) is 1.66. The van der Waals surface area contributed by atoms with Crippen molar-refractivity contribution < 1.29 is 4.74 Å². The van der Waals surface area contributed by atoms with Crippen LogP contribution in [0.4, 0.5) is 0 Å². The molecule has 0 N–H and O–H groups in total. The fourth-order valence-corrected chi connectivity index (χ4v) is 2.20. The Morgan fingerprint density at radius 2 is 2.20 bits per heavy atom. The van der Waals surface area contributed by atoms with Crippen molar-refractivity contribution >= 4 is 0 Å². The van der Waals surface area contributed by atoms with E-state index in [4.69, 9.17) is 4.74 Å². The van der Waals surface area contributed by atoms with Crippen molar-refractivity contribution in [1.29, 1.82) is 0 Å². The molecule has 2 saturated heterocycles. The van der Waals surface area contributed by atoms with Gasteiger partial charge in [-0.15, -0.1) is 0 Å². The lowest BCUT2D eigenvalue weighted by Crippen LogP contribution is -2.27. The van der Waals surface area contributed by atoms with Crippen LogP contribution in [0.2, 0.25) is 0 Å². The zero-order valence-corrected chi connectivity index (χ0v) is 6.71. The van der Waals surface area contributed by atoms with Crippen LogP contribution in [0, 0.1) is 11.8 Å². The van der Waals surface area contributed by atoms with Crippen LogP contribution in [0.1, 0.15) is 6.92 Å². The van der Waals surface area contributed by atoms with Crippen molar-refractivity contribution in [2.75, 3.05) is 26.8 Å². The molecule has 3 atom stereocenters. The summed E-state index contributed by atoms with van der Waals surface area (Å²) in [6, 6.07) is 0.743. The maximum absolute atomic E-state index is 5.40. The van der Waals surface area contributed by atoms with Crippen molar-refractivity contribution in [3.63, 3.8) is 0 Å². The molecule has 2 aliphatic rings.